The van der Waals surface area contributed by atoms with Gasteiger partial charge in [-0.1, -0.05) is 6.92 Å². The summed E-state index contributed by atoms with van der Waals surface area (Å²) in [7, 11) is 0. The summed E-state index contributed by atoms with van der Waals surface area (Å²) in [5.74, 6) is 1.62. The maximum absolute atomic E-state index is 9.94. The molecule has 2 rings (SSSR count). The number of phenolic OH excluding ortho intramolecular Hbond substituents is 1. The Kier molecular flexibility index (Phi) is 3.43. The largest absolute Gasteiger partial charge is 0.507 e. The maximum Gasteiger partial charge on any atom is 0.231 e. The fraction of sp³-hybridized carbons (Fsp3) is 0.538. The molecule has 0 unspecified atom stereocenters. The van der Waals surface area contributed by atoms with Crippen LogP contribution in [0, 0.1) is 0 Å². The second-order valence-corrected chi connectivity index (χ2v) is 4.49. The predicted molar refractivity (Wildman–Crippen MR) is 65.4 cm³/mol. The van der Waals surface area contributed by atoms with E-state index < -0.39 is 0 Å². The molecule has 94 valence electrons. The molecule has 0 bridgehead atoms. The molecule has 4 nitrogen and oxygen atoms in total. The summed E-state index contributed by atoms with van der Waals surface area (Å²) in [5, 5.41) is 9.94. The van der Waals surface area contributed by atoms with E-state index in [-0.39, 0.29) is 12.5 Å². The van der Waals surface area contributed by atoms with Gasteiger partial charge in [-0.25, -0.2) is 0 Å². The first-order chi connectivity index (χ1) is 8.11. The first-order valence-electron chi connectivity index (χ1n) is 5.97. The molecule has 1 heterocycles. The van der Waals surface area contributed by atoms with E-state index in [0.717, 1.165) is 24.4 Å². The van der Waals surface area contributed by atoms with E-state index in [1.54, 1.807) is 6.07 Å². The van der Waals surface area contributed by atoms with Gasteiger partial charge in [0.25, 0.3) is 0 Å². The summed E-state index contributed by atoms with van der Waals surface area (Å²) in [5.41, 5.74) is 0.879. The monoisotopic (exact) mass is 237 g/mol. The van der Waals surface area contributed by atoms with Gasteiger partial charge in [0, 0.05) is 24.2 Å². The Morgan fingerprint density at radius 1 is 1.29 bits per heavy atom. The Morgan fingerprint density at radius 3 is 2.53 bits per heavy atom. The van der Waals surface area contributed by atoms with Gasteiger partial charge in [-0.15, -0.1) is 0 Å². The van der Waals surface area contributed by atoms with Crippen LogP contribution in [0.15, 0.2) is 12.1 Å². The second kappa shape index (κ2) is 4.84. The van der Waals surface area contributed by atoms with E-state index in [1.165, 1.54) is 0 Å². The number of hydrogen-bond acceptors (Lipinski definition) is 4. The van der Waals surface area contributed by atoms with Gasteiger partial charge in [-0.3, -0.25) is 4.90 Å². The van der Waals surface area contributed by atoms with Crippen LogP contribution in [0.5, 0.6) is 17.2 Å². The van der Waals surface area contributed by atoms with Crippen LogP contribution in [-0.4, -0.2) is 29.4 Å². The van der Waals surface area contributed by atoms with Crippen molar-refractivity contribution in [3.63, 3.8) is 0 Å². The maximum atomic E-state index is 9.94. The molecule has 1 aliphatic heterocycles. The fourth-order valence-electron chi connectivity index (χ4n) is 1.98. The molecule has 0 aliphatic carbocycles. The Morgan fingerprint density at radius 2 is 1.94 bits per heavy atom. The summed E-state index contributed by atoms with van der Waals surface area (Å²) in [6.45, 7) is 8.31. The van der Waals surface area contributed by atoms with Crippen LogP contribution in [0.1, 0.15) is 26.3 Å². The van der Waals surface area contributed by atoms with Crippen LogP contribution in [0.2, 0.25) is 0 Å². The molecule has 0 amide bonds. The molecule has 1 N–H and O–H groups in total. The van der Waals surface area contributed by atoms with Crippen molar-refractivity contribution >= 4 is 0 Å². The fourth-order valence-corrected chi connectivity index (χ4v) is 1.98. The minimum Gasteiger partial charge on any atom is -0.507 e. The zero-order chi connectivity index (χ0) is 12.4. The normalized spacial score (nSPS) is 13.7. The third kappa shape index (κ3) is 2.47. The standard InChI is InChI=1S/C13H19NO3/c1-4-14(9(2)3)7-10-5-12-13(6-11(10)15)17-8-16-12/h5-6,9,15H,4,7-8H2,1-3H3. The number of nitrogens with zero attached hydrogens (tertiary/aromatic N) is 1. The minimum atomic E-state index is 0.236. The molecule has 1 aromatic rings. The molecular formula is C13H19NO3. The third-order valence-corrected chi connectivity index (χ3v) is 3.08. The number of benzene rings is 1. The van der Waals surface area contributed by atoms with E-state index in [4.69, 9.17) is 9.47 Å². The molecule has 4 heteroatoms. The Labute approximate surface area is 102 Å². The smallest absolute Gasteiger partial charge is 0.231 e. The number of rotatable bonds is 4. The van der Waals surface area contributed by atoms with Crippen LogP contribution in [0.4, 0.5) is 0 Å². The highest BCUT2D eigenvalue weighted by atomic mass is 16.7. The number of ether oxygens (including phenoxy) is 2. The molecule has 0 spiro atoms. The van der Waals surface area contributed by atoms with Gasteiger partial charge in [-0.05, 0) is 26.5 Å². The summed E-state index contributed by atoms with van der Waals surface area (Å²) in [4.78, 5) is 2.28. The summed E-state index contributed by atoms with van der Waals surface area (Å²) >= 11 is 0. The molecule has 1 aromatic carbocycles. The average molecular weight is 237 g/mol. The zero-order valence-corrected chi connectivity index (χ0v) is 10.6. The summed E-state index contributed by atoms with van der Waals surface area (Å²) in [6, 6.07) is 3.94. The lowest BCUT2D eigenvalue weighted by atomic mass is 10.1. The lowest BCUT2D eigenvalue weighted by molar-refractivity contribution is 0.173. The molecule has 0 aromatic heterocycles. The van der Waals surface area contributed by atoms with Gasteiger partial charge >= 0.3 is 0 Å². The molecule has 17 heavy (non-hydrogen) atoms. The second-order valence-electron chi connectivity index (χ2n) is 4.49. The van der Waals surface area contributed by atoms with Gasteiger partial charge < -0.3 is 14.6 Å². The highest BCUT2D eigenvalue weighted by Crippen LogP contribution is 2.38. The van der Waals surface area contributed by atoms with Crippen LogP contribution < -0.4 is 9.47 Å². The number of hydrogen-bond donors (Lipinski definition) is 1. The average Bonchev–Trinajstić information content (AvgIpc) is 2.72. The summed E-state index contributed by atoms with van der Waals surface area (Å²) < 4.78 is 10.5. The van der Waals surface area contributed by atoms with E-state index in [1.807, 2.05) is 6.07 Å². The highest BCUT2D eigenvalue weighted by molar-refractivity contribution is 5.51. The van der Waals surface area contributed by atoms with Crippen molar-refractivity contribution in [1.29, 1.82) is 0 Å². The Bertz CT molecular complexity index is 404. The molecular weight excluding hydrogens is 218 g/mol. The number of aromatic hydroxyl groups is 1. The summed E-state index contributed by atoms with van der Waals surface area (Å²) in [6.07, 6.45) is 0. The highest BCUT2D eigenvalue weighted by Gasteiger charge is 2.18. The first-order valence-corrected chi connectivity index (χ1v) is 5.97. The lowest BCUT2D eigenvalue weighted by Crippen LogP contribution is -2.29. The Balaban J connectivity index is 2.21. The zero-order valence-electron chi connectivity index (χ0n) is 10.6. The number of phenols is 1. The van der Waals surface area contributed by atoms with Crippen LogP contribution in [0.25, 0.3) is 0 Å². The van der Waals surface area contributed by atoms with Gasteiger partial charge in [0.1, 0.15) is 5.75 Å². The molecule has 1 aliphatic rings. The van der Waals surface area contributed by atoms with Crippen molar-refractivity contribution in [3.8, 4) is 17.2 Å². The van der Waals surface area contributed by atoms with E-state index in [2.05, 4.69) is 25.7 Å². The quantitative estimate of drug-likeness (QED) is 0.872. The van der Waals surface area contributed by atoms with E-state index >= 15 is 0 Å². The van der Waals surface area contributed by atoms with Crippen LogP contribution in [-0.2, 0) is 6.54 Å². The number of fused-ring (bicyclic) bond motifs is 1. The molecule has 0 saturated heterocycles. The SMILES string of the molecule is CCN(Cc1cc2c(cc1O)OCO2)C(C)C. The topological polar surface area (TPSA) is 41.9 Å². The van der Waals surface area contributed by atoms with Gasteiger partial charge in [0.2, 0.25) is 6.79 Å². The molecule has 0 radical (unpaired) electrons. The first kappa shape index (κ1) is 12.0. The van der Waals surface area contributed by atoms with Gasteiger partial charge in [0.15, 0.2) is 11.5 Å². The van der Waals surface area contributed by atoms with Crippen molar-refractivity contribution in [1.82, 2.24) is 4.90 Å². The van der Waals surface area contributed by atoms with E-state index in [9.17, 15) is 5.11 Å². The Hall–Kier alpha value is -1.42. The van der Waals surface area contributed by atoms with Gasteiger partial charge in [0.05, 0.1) is 0 Å². The van der Waals surface area contributed by atoms with E-state index in [0.29, 0.717) is 11.8 Å². The lowest BCUT2D eigenvalue weighted by Gasteiger charge is -2.25. The van der Waals surface area contributed by atoms with Crippen LogP contribution in [0.3, 0.4) is 0 Å². The van der Waals surface area contributed by atoms with Crippen molar-refractivity contribution in [2.24, 2.45) is 0 Å². The third-order valence-electron chi connectivity index (χ3n) is 3.08. The van der Waals surface area contributed by atoms with Crippen molar-refractivity contribution in [2.75, 3.05) is 13.3 Å². The van der Waals surface area contributed by atoms with Crippen molar-refractivity contribution < 1.29 is 14.6 Å². The van der Waals surface area contributed by atoms with Crippen LogP contribution >= 0.6 is 0 Å². The van der Waals surface area contributed by atoms with Crippen molar-refractivity contribution in [3.05, 3.63) is 17.7 Å². The predicted octanol–water partition coefficient (Wildman–Crippen LogP) is 2.35. The minimum absolute atomic E-state index is 0.236. The van der Waals surface area contributed by atoms with Crippen molar-refractivity contribution in [2.45, 2.75) is 33.4 Å². The molecule has 0 fully saturated rings. The van der Waals surface area contributed by atoms with Gasteiger partial charge in [-0.2, -0.15) is 0 Å². The molecule has 0 saturated carbocycles. The molecule has 0 atom stereocenters.